The molecule has 6 nitrogen and oxygen atoms in total. The fourth-order valence-electron chi connectivity index (χ4n) is 4.77. The average molecular weight is 382 g/mol. The van der Waals surface area contributed by atoms with Gasteiger partial charge in [0.15, 0.2) is 0 Å². The van der Waals surface area contributed by atoms with E-state index in [1.54, 1.807) is 0 Å². The van der Waals surface area contributed by atoms with E-state index in [1.807, 2.05) is 42.9 Å². The van der Waals surface area contributed by atoms with Crippen LogP contribution in [-0.4, -0.2) is 34.1 Å². The van der Waals surface area contributed by atoms with Gasteiger partial charge in [0.05, 0.1) is 23.7 Å². The molecular weight excluding hydrogens is 364 g/mol. The van der Waals surface area contributed by atoms with Gasteiger partial charge in [0.1, 0.15) is 0 Å². The summed E-state index contributed by atoms with van der Waals surface area (Å²) in [6.07, 6.45) is 9.84. The van der Waals surface area contributed by atoms with E-state index in [-0.39, 0.29) is 11.8 Å². The fraction of sp³-hybridized carbons (Fsp3) is 0.174. The molecule has 6 rings (SSSR count). The summed E-state index contributed by atoms with van der Waals surface area (Å²) in [5.74, 6) is -0.707. The van der Waals surface area contributed by atoms with Gasteiger partial charge < -0.3 is 9.55 Å². The number of carbonyl (C=O) groups excluding carboxylic acids is 2. The summed E-state index contributed by atoms with van der Waals surface area (Å²) in [6, 6.07) is 9.46. The lowest BCUT2D eigenvalue weighted by Crippen LogP contribution is -2.37. The standard InChI is InChI=1S/C23H18N4O2/c28-22-19(16-11-25-17-7-2-1-6-15(16)17)20(23(29)26-22)18-12-24-10-14-5-3-4-13-8-9-27(18)21(13)14/h1-2,4,6-9,11-12,18,25H,3,5,10H2,(H,26,28,29). The summed E-state index contributed by atoms with van der Waals surface area (Å²) in [7, 11) is 0. The zero-order valence-electron chi connectivity index (χ0n) is 15.6. The predicted molar refractivity (Wildman–Crippen MR) is 112 cm³/mol. The second-order valence-electron chi connectivity index (χ2n) is 7.63. The van der Waals surface area contributed by atoms with Crippen molar-refractivity contribution in [2.45, 2.75) is 18.9 Å². The number of benzene rings is 1. The Labute approximate surface area is 165 Å². The van der Waals surface area contributed by atoms with Crippen LogP contribution in [-0.2, 0) is 9.59 Å². The van der Waals surface area contributed by atoms with Crippen LogP contribution in [0.4, 0.5) is 0 Å². The lowest BCUT2D eigenvalue weighted by Gasteiger charge is -2.16. The van der Waals surface area contributed by atoms with Crippen molar-refractivity contribution in [2.75, 3.05) is 6.54 Å². The van der Waals surface area contributed by atoms with Gasteiger partial charge >= 0.3 is 0 Å². The third-order valence-corrected chi connectivity index (χ3v) is 6.04. The van der Waals surface area contributed by atoms with Crippen LogP contribution in [0.15, 0.2) is 53.3 Å². The van der Waals surface area contributed by atoms with Crippen molar-refractivity contribution < 1.29 is 9.59 Å². The number of aromatic amines is 1. The van der Waals surface area contributed by atoms with E-state index in [0.717, 1.165) is 34.7 Å². The molecule has 2 aromatic heterocycles. The number of imide groups is 1. The van der Waals surface area contributed by atoms with Gasteiger partial charge in [-0.15, -0.1) is 0 Å². The summed E-state index contributed by atoms with van der Waals surface area (Å²) in [6.45, 7) is 0.632. The minimum atomic E-state index is -0.419. The Bertz CT molecular complexity index is 1400. The smallest absolute Gasteiger partial charge is 0.259 e. The Hall–Kier alpha value is -3.67. The minimum Gasteiger partial charge on any atom is -0.361 e. The third-order valence-electron chi connectivity index (χ3n) is 6.04. The zero-order valence-corrected chi connectivity index (χ0v) is 15.6. The first-order chi connectivity index (χ1) is 14.2. The molecule has 0 bridgehead atoms. The number of H-pyrrole nitrogens is 1. The van der Waals surface area contributed by atoms with Gasteiger partial charge in [-0.3, -0.25) is 19.9 Å². The van der Waals surface area contributed by atoms with Crippen LogP contribution in [0, 0.1) is 0 Å². The fourth-order valence-corrected chi connectivity index (χ4v) is 4.77. The highest BCUT2D eigenvalue weighted by atomic mass is 16.2. The van der Waals surface area contributed by atoms with Gasteiger partial charge in [0, 0.05) is 40.4 Å². The monoisotopic (exact) mass is 382 g/mol. The van der Waals surface area contributed by atoms with Crippen molar-refractivity contribution >= 4 is 46.2 Å². The number of amides is 2. The minimum absolute atomic E-state index is 0.350. The van der Waals surface area contributed by atoms with E-state index in [2.05, 4.69) is 32.0 Å². The summed E-state index contributed by atoms with van der Waals surface area (Å²) in [4.78, 5) is 33.6. The normalized spacial score (nSPS) is 20.7. The Morgan fingerprint density at radius 3 is 2.93 bits per heavy atom. The van der Waals surface area contributed by atoms with Crippen LogP contribution in [0.3, 0.4) is 0 Å². The Morgan fingerprint density at radius 1 is 1.10 bits per heavy atom. The number of rotatable bonds is 2. The molecule has 0 saturated heterocycles. The van der Waals surface area contributed by atoms with Crippen LogP contribution in [0.25, 0.3) is 28.1 Å². The predicted octanol–water partition coefficient (Wildman–Crippen LogP) is 1.43. The summed E-state index contributed by atoms with van der Waals surface area (Å²) >= 11 is 0. The highest BCUT2D eigenvalue weighted by molar-refractivity contribution is 6.38. The number of aromatic nitrogens is 2. The van der Waals surface area contributed by atoms with E-state index in [4.69, 9.17) is 0 Å². The molecule has 1 unspecified atom stereocenters. The molecule has 1 aromatic carbocycles. The molecule has 142 valence electrons. The van der Waals surface area contributed by atoms with Gasteiger partial charge in [0.2, 0.25) is 0 Å². The van der Waals surface area contributed by atoms with E-state index < -0.39 is 6.04 Å². The second-order valence-corrected chi connectivity index (χ2v) is 7.63. The number of fused-ring (bicyclic) bond motifs is 1. The highest BCUT2D eigenvalue weighted by Gasteiger charge is 2.37. The summed E-state index contributed by atoms with van der Waals surface area (Å²) in [5.41, 5.74) is 3.83. The van der Waals surface area contributed by atoms with Crippen LogP contribution < -0.4 is 15.9 Å². The van der Waals surface area contributed by atoms with Gasteiger partial charge in [-0.2, -0.15) is 0 Å². The van der Waals surface area contributed by atoms with Crippen molar-refractivity contribution in [3.63, 3.8) is 0 Å². The Kier molecular flexibility index (Phi) is 3.32. The topological polar surface area (TPSA) is 79.2 Å². The molecule has 3 aromatic rings. The molecule has 1 aliphatic carbocycles. The second kappa shape index (κ2) is 5.91. The molecule has 2 aliphatic heterocycles. The highest BCUT2D eigenvalue weighted by Crippen LogP contribution is 2.34. The number of nitrogens with zero attached hydrogens (tertiary/aromatic N) is 2. The van der Waals surface area contributed by atoms with E-state index in [1.165, 1.54) is 10.8 Å². The average Bonchev–Trinajstić information content (AvgIpc) is 3.37. The van der Waals surface area contributed by atoms with Crippen LogP contribution >= 0.6 is 0 Å². The number of para-hydroxylation sites is 1. The van der Waals surface area contributed by atoms with Crippen molar-refractivity contribution in [3.8, 4) is 0 Å². The number of hydrogen-bond acceptors (Lipinski definition) is 3. The third kappa shape index (κ3) is 2.26. The summed E-state index contributed by atoms with van der Waals surface area (Å²) in [5, 5.41) is 5.75. The molecule has 2 N–H and O–H groups in total. The molecule has 2 amide bonds. The molecule has 0 fully saturated rings. The Morgan fingerprint density at radius 2 is 2.00 bits per heavy atom. The zero-order chi connectivity index (χ0) is 19.5. The van der Waals surface area contributed by atoms with Gasteiger partial charge in [-0.1, -0.05) is 24.3 Å². The van der Waals surface area contributed by atoms with Crippen molar-refractivity contribution in [3.05, 3.63) is 64.4 Å². The maximum absolute atomic E-state index is 12.9. The van der Waals surface area contributed by atoms with Crippen LogP contribution in [0.5, 0.6) is 0 Å². The quantitative estimate of drug-likeness (QED) is 0.658. The van der Waals surface area contributed by atoms with E-state index in [9.17, 15) is 9.59 Å². The van der Waals surface area contributed by atoms with Gasteiger partial charge in [-0.05, 0) is 35.8 Å². The number of nitrogens with one attached hydrogen (secondary N) is 2. The maximum atomic E-state index is 12.9. The van der Waals surface area contributed by atoms with Crippen molar-refractivity contribution in [1.29, 1.82) is 0 Å². The summed E-state index contributed by atoms with van der Waals surface area (Å²) < 4.78 is 2.10. The van der Waals surface area contributed by atoms with Crippen molar-refractivity contribution in [2.24, 2.45) is 4.99 Å². The molecular formula is C23H18N4O2. The largest absolute Gasteiger partial charge is 0.361 e. The molecule has 29 heavy (non-hydrogen) atoms. The first-order valence-electron chi connectivity index (χ1n) is 9.78. The van der Waals surface area contributed by atoms with Gasteiger partial charge in [-0.25, -0.2) is 0 Å². The molecule has 4 heterocycles. The first-order valence-corrected chi connectivity index (χ1v) is 9.78. The van der Waals surface area contributed by atoms with Gasteiger partial charge in [0.25, 0.3) is 11.8 Å². The number of hydrogen-bond donors (Lipinski definition) is 2. The van der Waals surface area contributed by atoms with E-state index in [0.29, 0.717) is 17.7 Å². The first kappa shape index (κ1) is 16.3. The lowest BCUT2D eigenvalue weighted by atomic mass is 9.96. The van der Waals surface area contributed by atoms with Crippen LogP contribution in [0.2, 0.25) is 0 Å². The maximum Gasteiger partial charge on any atom is 0.259 e. The van der Waals surface area contributed by atoms with Crippen LogP contribution in [0.1, 0.15) is 24.4 Å². The Balaban J connectivity index is 1.64. The SMILES string of the molecule is O=C1NC(=O)C(C2C=NCC3=c4c(ccn42)=CCC3)=C1c1c[nH]c2ccccc12. The molecule has 0 saturated carbocycles. The molecule has 0 spiro atoms. The molecule has 6 heteroatoms. The number of aliphatic imine (C=N–C) groups is 1. The van der Waals surface area contributed by atoms with E-state index >= 15 is 0 Å². The molecule has 3 aliphatic rings. The number of carbonyl (C=O) groups is 2. The lowest BCUT2D eigenvalue weighted by molar-refractivity contribution is -0.123. The molecule has 1 atom stereocenters. The van der Waals surface area contributed by atoms with Crippen molar-refractivity contribution in [1.82, 2.24) is 14.9 Å². The molecule has 0 radical (unpaired) electrons.